The average molecular weight is 262 g/mol. The van der Waals surface area contributed by atoms with Gasteiger partial charge in [-0.15, -0.1) is 0 Å². The molecule has 1 atom stereocenters. The minimum Gasteiger partial charge on any atom is -0.309 e. The zero-order valence-corrected chi connectivity index (χ0v) is 11.0. The van der Waals surface area contributed by atoms with E-state index >= 15 is 0 Å². The fourth-order valence-corrected chi connectivity index (χ4v) is 2.04. The molecular weight excluding hydrogens is 246 g/mol. The third kappa shape index (κ3) is 4.96. The van der Waals surface area contributed by atoms with Crippen LogP contribution in [0.1, 0.15) is 18.5 Å². The van der Waals surface area contributed by atoms with Gasteiger partial charge in [0.2, 0.25) is 0 Å². The summed E-state index contributed by atoms with van der Waals surface area (Å²) in [5.74, 6) is 0.151. The summed E-state index contributed by atoms with van der Waals surface area (Å²) in [6, 6.07) is 7.63. The Morgan fingerprint density at radius 2 is 2.12 bits per heavy atom. The Balaban J connectivity index is 2.50. The Hall–Kier alpha value is -0.580. The monoisotopic (exact) mass is 261 g/mol. The lowest BCUT2D eigenvalue weighted by atomic mass is 10.1. The first kappa shape index (κ1) is 13.5. The van der Waals surface area contributed by atoms with Gasteiger partial charge in [0.25, 0.3) is 0 Å². The SMILES string of the molecule is C[C@@H](NCCS(C)(=O)=O)c1cccc(Cl)c1. The van der Waals surface area contributed by atoms with Crippen molar-refractivity contribution in [2.24, 2.45) is 0 Å². The Morgan fingerprint density at radius 3 is 2.69 bits per heavy atom. The van der Waals surface area contributed by atoms with Gasteiger partial charge in [-0.2, -0.15) is 0 Å². The first-order valence-electron chi connectivity index (χ1n) is 5.05. The number of rotatable bonds is 5. The van der Waals surface area contributed by atoms with Crippen LogP contribution in [0.4, 0.5) is 0 Å². The predicted octanol–water partition coefficient (Wildman–Crippen LogP) is 2.04. The van der Waals surface area contributed by atoms with E-state index in [1.54, 1.807) is 0 Å². The smallest absolute Gasteiger partial charge is 0.148 e. The Morgan fingerprint density at radius 1 is 1.44 bits per heavy atom. The summed E-state index contributed by atoms with van der Waals surface area (Å²) in [7, 11) is -2.90. The van der Waals surface area contributed by atoms with Crippen molar-refractivity contribution in [3.8, 4) is 0 Å². The van der Waals surface area contributed by atoms with Crippen LogP contribution in [0.15, 0.2) is 24.3 Å². The first-order valence-corrected chi connectivity index (χ1v) is 7.49. The number of hydrogen-bond acceptors (Lipinski definition) is 3. The third-order valence-electron chi connectivity index (χ3n) is 2.27. The molecule has 0 bridgehead atoms. The van der Waals surface area contributed by atoms with Gasteiger partial charge < -0.3 is 5.32 Å². The summed E-state index contributed by atoms with van der Waals surface area (Å²) in [6.45, 7) is 2.43. The van der Waals surface area contributed by atoms with Gasteiger partial charge in [-0.1, -0.05) is 23.7 Å². The molecule has 0 spiro atoms. The number of nitrogens with one attached hydrogen (secondary N) is 1. The third-order valence-corrected chi connectivity index (χ3v) is 3.45. The van der Waals surface area contributed by atoms with E-state index in [1.165, 1.54) is 6.26 Å². The lowest BCUT2D eigenvalue weighted by molar-refractivity contribution is 0.576. The van der Waals surface area contributed by atoms with Crippen molar-refractivity contribution in [2.45, 2.75) is 13.0 Å². The zero-order chi connectivity index (χ0) is 12.2. The highest BCUT2D eigenvalue weighted by molar-refractivity contribution is 7.90. The van der Waals surface area contributed by atoms with Crippen LogP contribution in [0, 0.1) is 0 Å². The maximum Gasteiger partial charge on any atom is 0.148 e. The zero-order valence-electron chi connectivity index (χ0n) is 9.40. The van der Waals surface area contributed by atoms with Crippen molar-refractivity contribution in [3.63, 3.8) is 0 Å². The molecule has 3 nitrogen and oxygen atoms in total. The Kier molecular flexibility index (Phi) is 4.77. The summed E-state index contributed by atoms with van der Waals surface area (Å²) < 4.78 is 21.9. The fraction of sp³-hybridized carbons (Fsp3) is 0.455. The standard InChI is InChI=1S/C11H16ClNO2S/c1-9(13-6-7-16(2,14)15)10-4-3-5-11(12)8-10/h3-5,8-9,13H,6-7H2,1-2H3/t9-/m1/s1. The van der Waals surface area contributed by atoms with E-state index < -0.39 is 9.84 Å². The summed E-state index contributed by atoms with van der Waals surface area (Å²) in [5.41, 5.74) is 1.06. The van der Waals surface area contributed by atoms with Gasteiger partial charge in [0, 0.05) is 23.9 Å². The first-order chi connectivity index (χ1) is 7.38. The van der Waals surface area contributed by atoms with Gasteiger partial charge in [0.15, 0.2) is 0 Å². The molecule has 0 saturated carbocycles. The molecule has 0 radical (unpaired) electrons. The van der Waals surface area contributed by atoms with Crippen molar-refractivity contribution in [2.75, 3.05) is 18.6 Å². The Labute approximate surface area is 102 Å². The van der Waals surface area contributed by atoms with Crippen molar-refractivity contribution < 1.29 is 8.42 Å². The van der Waals surface area contributed by atoms with Crippen LogP contribution in [0.25, 0.3) is 0 Å². The van der Waals surface area contributed by atoms with E-state index in [0.29, 0.717) is 11.6 Å². The molecule has 1 aromatic carbocycles. The second-order valence-electron chi connectivity index (χ2n) is 3.86. The van der Waals surface area contributed by atoms with Gasteiger partial charge in [-0.3, -0.25) is 0 Å². The molecule has 0 unspecified atom stereocenters. The molecular formula is C11H16ClNO2S. The molecule has 0 saturated heterocycles. The fourth-order valence-electron chi connectivity index (χ4n) is 1.35. The Bertz CT molecular complexity index is 445. The maximum atomic E-state index is 10.9. The second-order valence-corrected chi connectivity index (χ2v) is 6.56. The number of sulfone groups is 1. The lowest BCUT2D eigenvalue weighted by Crippen LogP contribution is -2.25. The van der Waals surface area contributed by atoms with Crippen molar-refractivity contribution in [1.82, 2.24) is 5.32 Å². The molecule has 5 heteroatoms. The molecule has 0 fully saturated rings. The predicted molar refractivity (Wildman–Crippen MR) is 67.6 cm³/mol. The molecule has 1 aromatic rings. The molecule has 90 valence electrons. The maximum absolute atomic E-state index is 10.9. The summed E-state index contributed by atoms with van der Waals surface area (Å²) in [6.07, 6.45) is 1.23. The van der Waals surface area contributed by atoms with E-state index in [2.05, 4.69) is 5.32 Å². The van der Waals surface area contributed by atoms with Crippen molar-refractivity contribution in [1.29, 1.82) is 0 Å². The van der Waals surface area contributed by atoms with E-state index in [1.807, 2.05) is 31.2 Å². The molecule has 16 heavy (non-hydrogen) atoms. The van der Waals surface area contributed by atoms with Crippen LogP contribution in [0.3, 0.4) is 0 Å². The van der Waals surface area contributed by atoms with Crippen LogP contribution in [-0.4, -0.2) is 27.0 Å². The van der Waals surface area contributed by atoms with Gasteiger partial charge in [0.1, 0.15) is 9.84 Å². The molecule has 0 aromatic heterocycles. The summed E-state index contributed by atoms with van der Waals surface area (Å²) in [5, 5.41) is 3.83. The number of hydrogen-bond donors (Lipinski definition) is 1. The summed E-state index contributed by atoms with van der Waals surface area (Å²) >= 11 is 5.87. The van der Waals surface area contributed by atoms with Gasteiger partial charge >= 0.3 is 0 Å². The van der Waals surface area contributed by atoms with Crippen LogP contribution in [0.5, 0.6) is 0 Å². The van der Waals surface area contributed by atoms with Gasteiger partial charge in [0.05, 0.1) is 5.75 Å². The average Bonchev–Trinajstić information content (AvgIpc) is 2.15. The molecule has 0 aliphatic rings. The van der Waals surface area contributed by atoms with E-state index in [-0.39, 0.29) is 11.8 Å². The molecule has 1 rings (SSSR count). The highest BCUT2D eigenvalue weighted by atomic mass is 35.5. The minimum absolute atomic E-state index is 0.0976. The van der Waals surface area contributed by atoms with Crippen LogP contribution < -0.4 is 5.32 Å². The van der Waals surface area contributed by atoms with Crippen molar-refractivity contribution in [3.05, 3.63) is 34.9 Å². The van der Waals surface area contributed by atoms with Gasteiger partial charge in [-0.05, 0) is 24.6 Å². The number of halogens is 1. The molecule has 1 N–H and O–H groups in total. The normalized spacial score (nSPS) is 13.7. The lowest BCUT2D eigenvalue weighted by Gasteiger charge is -2.13. The quantitative estimate of drug-likeness (QED) is 0.882. The summed E-state index contributed by atoms with van der Waals surface area (Å²) in [4.78, 5) is 0. The van der Waals surface area contributed by atoms with Crippen LogP contribution in [-0.2, 0) is 9.84 Å². The molecule has 0 aliphatic carbocycles. The van der Waals surface area contributed by atoms with E-state index in [0.717, 1.165) is 5.56 Å². The number of benzene rings is 1. The minimum atomic E-state index is -2.90. The topological polar surface area (TPSA) is 46.2 Å². The molecule has 0 aliphatic heterocycles. The molecule has 0 amide bonds. The van der Waals surface area contributed by atoms with Crippen LogP contribution >= 0.6 is 11.6 Å². The van der Waals surface area contributed by atoms with E-state index in [9.17, 15) is 8.42 Å². The largest absolute Gasteiger partial charge is 0.309 e. The van der Waals surface area contributed by atoms with Crippen LogP contribution in [0.2, 0.25) is 5.02 Å². The van der Waals surface area contributed by atoms with E-state index in [4.69, 9.17) is 11.6 Å². The second kappa shape index (κ2) is 5.66. The highest BCUT2D eigenvalue weighted by Gasteiger charge is 2.07. The molecule has 0 heterocycles. The van der Waals surface area contributed by atoms with Crippen molar-refractivity contribution >= 4 is 21.4 Å². The highest BCUT2D eigenvalue weighted by Crippen LogP contribution is 2.16. The van der Waals surface area contributed by atoms with Gasteiger partial charge in [-0.25, -0.2) is 8.42 Å².